The van der Waals surface area contributed by atoms with Gasteiger partial charge < -0.3 is 19.5 Å². The van der Waals surface area contributed by atoms with Crippen molar-refractivity contribution in [2.75, 3.05) is 31.5 Å². The van der Waals surface area contributed by atoms with E-state index in [0.29, 0.717) is 22.8 Å². The molecule has 2 heterocycles. The largest absolute Gasteiger partial charge is 0.497 e. The molecule has 4 rings (SSSR count). The molecule has 148 valence electrons. The molecule has 0 radical (unpaired) electrons. The maximum atomic E-state index is 13.2. The van der Waals surface area contributed by atoms with E-state index in [1.54, 1.807) is 50.6 Å². The zero-order chi connectivity index (χ0) is 20.4. The van der Waals surface area contributed by atoms with E-state index in [2.05, 4.69) is 10.3 Å². The molecule has 1 N–H and O–H groups in total. The summed E-state index contributed by atoms with van der Waals surface area (Å²) in [4.78, 5) is 19.3. The first kappa shape index (κ1) is 18.6. The van der Waals surface area contributed by atoms with Crippen LogP contribution in [0.1, 0.15) is 22.2 Å². The molecular formula is C22H21N3O4. The summed E-state index contributed by atoms with van der Waals surface area (Å²) >= 11 is 0. The van der Waals surface area contributed by atoms with Crippen molar-refractivity contribution in [2.45, 2.75) is 6.17 Å². The highest BCUT2D eigenvalue weighted by atomic mass is 16.5. The summed E-state index contributed by atoms with van der Waals surface area (Å²) in [5.41, 5.74) is 2.71. The predicted molar refractivity (Wildman–Crippen MR) is 110 cm³/mol. The van der Waals surface area contributed by atoms with Gasteiger partial charge >= 0.3 is 0 Å². The Morgan fingerprint density at radius 1 is 0.897 bits per heavy atom. The number of fused-ring (bicyclic) bond motifs is 1. The summed E-state index contributed by atoms with van der Waals surface area (Å²) in [5, 5.41) is 3.41. The number of anilines is 2. The van der Waals surface area contributed by atoms with Crippen molar-refractivity contribution in [2.24, 2.45) is 0 Å². The molecule has 7 heteroatoms. The molecule has 2 aromatic carbocycles. The molecule has 1 amide bonds. The minimum Gasteiger partial charge on any atom is -0.497 e. The number of rotatable bonds is 6. The lowest BCUT2D eigenvalue weighted by Crippen LogP contribution is -2.32. The fraction of sp³-hybridized carbons (Fsp3) is 0.182. The molecule has 1 aliphatic heterocycles. The maximum Gasteiger partial charge on any atom is 0.262 e. The van der Waals surface area contributed by atoms with Crippen molar-refractivity contribution >= 4 is 17.3 Å². The molecule has 1 aliphatic rings. The summed E-state index contributed by atoms with van der Waals surface area (Å²) < 4.78 is 16.0. The van der Waals surface area contributed by atoms with Gasteiger partial charge in [-0.1, -0.05) is 0 Å². The highest BCUT2D eigenvalue weighted by Crippen LogP contribution is 2.38. The Bertz CT molecular complexity index is 1010. The molecule has 0 saturated carbocycles. The number of carbonyl (C=O) groups is 1. The number of hydrogen-bond acceptors (Lipinski definition) is 6. The normalized spacial score (nSPS) is 15.1. The molecule has 1 aromatic heterocycles. The topological polar surface area (TPSA) is 72.9 Å². The average molecular weight is 391 g/mol. The minimum absolute atomic E-state index is 0.120. The van der Waals surface area contributed by atoms with Crippen LogP contribution in [0.2, 0.25) is 0 Å². The van der Waals surface area contributed by atoms with E-state index in [9.17, 15) is 4.79 Å². The second-order valence-electron chi connectivity index (χ2n) is 6.46. The number of methoxy groups -OCH3 is 3. The van der Waals surface area contributed by atoms with Gasteiger partial charge in [0.25, 0.3) is 5.91 Å². The molecular weight excluding hydrogens is 370 g/mol. The number of carbonyl (C=O) groups excluding carboxylic acids is 1. The SMILES string of the molecule is COc1ccc(N2C(=O)c3cccnc3[C@@H]2Nc2cc(OC)cc(OC)c2)cc1. The van der Waals surface area contributed by atoms with Gasteiger partial charge in [-0.2, -0.15) is 0 Å². The lowest BCUT2D eigenvalue weighted by Gasteiger charge is -2.27. The zero-order valence-electron chi connectivity index (χ0n) is 16.4. The Hall–Kier alpha value is -3.74. The third-order valence-corrected chi connectivity index (χ3v) is 4.81. The van der Waals surface area contributed by atoms with Gasteiger partial charge in [-0.3, -0.25) is 14.7 Å². The van der Waals surface area contributed by atoms with Crippen LogP contribution in [0.4, 0.5) is 11.4 Å². The van der Waals surface area contributed by atoms with Gasteiger partial charge in [-0.05, 0) is 36.4 Å². The quantitative estimate of drug-likeness (QED) is 0.688. The molecule has 0 fully saturated rings. The standard InChI is InChI=1S/C22H21N3O4/c1-27-16-8-6-15(7-9-16)25-21(20-19(22(25)26)5-4-10-23-20)24-14-11-17(28-2)13-18(12-14)29-3/h4-13,21,24H,1-3H3/t21-/m1/s1. The number of hydrogen-bond donors (Lipinski definition) is 1. The van der Waals surface area contributed by atoms with Crippen molar-refractivity contribution in [1.29, 1.82) is 0 Å². The summed E-state index contributed by atoms with van der Waals surface area (Å²) in [6.45, 7) is 0. The molecule has 7 nitrogen and oxygen atoms in total. The van der Waals surface area contributed by atoms with Crippen molar-refractivity contribution in [3.05, 3.63) is 72.1 Å². The number of nitrogens with zero attached hydrogens (tertiary/aromatic N) is 2. The predicted octanol–water partition coefficient (Wildman–Crippen LogP) is 3.88. The van der Waals surface area contributed by atoms with Crippen LogP contribution < -0.4 is 24.4 Å². The highest BCUT2D eigenvalue weighted by molar-refractivity contribution is 6.11. The molecule has 3 aromatic rings. The molecule has 0 spiro atoms. The maximum absolute atomic E-state index is 13.2. The molecule has 0 bridgehead atoms. The number of amides is 1. The lowest BCUT2D eigenvalue weighted by molar-refractivity contribution is 0.0993. The first-order chi connectivity index (χ1) is 14.1. The van der Waals surface area contributed by atoms with Crippen LogP contribution in [0.15, 0.2) is 60.8 Å². The van der Waals surface area contributed by atoms with Crippen molar-refractivity contribution in [3.8, 4) is 17.2 Å². The second-order valence-corrected chi connectivity index (χ2v) is 6.46. The Morgan fingerprint density at radius 3 is 2.17 bits per heavy atom. The van der Waals surface area contributed by atoms with Crippen LogP contribution in [0.3, 0.4) is 0 Å². The van der Waals surface area contributed by atoms with Crippen LogP contribution >= 0.6 is 0 Å². The fourth-order valence-corrected chi connectivity index (χ4v) is 3.38. The Morgan fingerprint density at radius 2 is 1.55 bits per heavy atom. The van der Waals surface area contributed by atoms with E-state index >= 15 is 0 Å². The fourth-order valence-electron chi connectivity index (χ4n) is 3.38. The third kappa shape index (κ3) is 3.42. The first-order valence-corrected chi connectivity index (χ1v) is 9.06. The van der Waals surface area contributed by atoms with E-state index < -0.39 is 6.17 Å². The smallest absolute Gasteiger partial charge is 0.262 e. The molecule has 0 saturated heterocycles. The van der Waals surface area contributed by atoms with E-state index in [-0.39, 0.29) is 5.91 Å². The third-order valence-electron chi connectivity index (χ3n) is 4.81. The molecule has 0 aliphatic carbocycles. The van der Waals surface area contributed by atoms with Crippen molar-refractivity contribution in [3.63, 3.8) is 0 Å². The summed E-state index contributed by atoms with van der Waals surface area (Å²) in [5.74, 6) is 1.89. The van der Waals surface area contributed by atoms with Crippen LogP contribution in [0, 0.1) is 0 Å². The van der Waals surface area contributed by atoms with Gasteiger partial charge in [-0.15, -0.1) is 0 Å². The Kier molecular flexibility index (Phi) is 4.95. The average Bonchev–Trinajstić information content (AvgIpc) is 3.05. The second kappa shape index (κ2) is 7.71. The highest BCUT2D eigenvalue weighted by Gasteiger charge is 2.39. The van der Waals surface area contributed by atoms with E-state index in [1.807, 2.05) is 36.4 Å². The Balaban J connectivity index is 1.76. The van der Waals surface area contributed by atoms with Gasteiger partial charge in [-0.25, -0.2) is 0 Å². The summed E-state index contributed by atoms with van der Waals surface area (Å²) in [6.07, 6.45) is 1.20. The van der Waals surface area contributed by atoms with Crippen LogP contribution in [-0.4, -0.2) is 32.2 Å². The van der Waals surface area contributed by atoms with E-state index in [0.717, 1.165) is 17.1 Å². The minimum atomic E-state index is -0.482. The number of aromatic nitrogens is 1. The van der Waals surface area contributed by atoms with Gasteiger partial charge in [0.05, 0.1) is 32.6 Å². The zero-order valence-corrected chi connectivity index (χ0v) is 16.4. The number of benzene rings is 2. The van der Waals surface area contributed by atoms with Crippen LogP contribution in [0.5, 0.6) is 17.2 Å². The first-order valence-electron chi connectivity index (χ1n) is 9.06. The number of pyridine rings is 1. The van der Waals surface area contributed by atoms with Gasteiger partial charge in [0.15, 0.2) is 6.17 Å². The van der Waals surface area contributed by atoms with Crippen molar-refractivity contribution in [1.82, 2.24) is 4.98 Å². The summed E-state index contributed by atoms with van der Waals surface area (Å²) in [7, 11) is 4.80. The molecule has 29 heavy (non-hydrogen) atoms. The van der Waals surface area contributed by atoms with E-state index in [1.165, 1.54) is 0 Å². The van der Waals surface area contributed by atoms with Crippen LogP contribution in [0.25, 0.3) is 0 Å². The molecule has 1 atom stereocenters. The number of nitrogens with one attached hydrogen (secondary N) is 1. The van der Waals surface area contributed by atoms with Gasteiger partial charge in [0.2, 0.25) is 0 Å². The van der Waals surface area contributed by atoms with Gasteiger partial charge in [0, 0.05) is 35.8 Å². The van der Waals surface area contributed by atoms with E-state index in [4.69, 9.17) is 14.2 Å². The van der Waals surface area contributed by atoms with Crippen LogP contribution in [-0.2, 0) is 0 Å². The monoisotopic (exact) mass is 391 g/mol. The number of ether oxygens (including phenoxy) is 3. The summed E-state index contributed by atoms with van der Waals surface area (Å²) in [6, 6.07) is 16.4. The molecule has 0 unspecified atom stereocenters. The lowest BCUT2D eigenvalue weighted by atomic mass is 10.2. The van der Waals surface area contributed by atoms with Crippen molar-refractivity contribution < 1.29 is 19.0 Å². The van der Waals surface area contributed by atoms with Gasteiger partial charge in [0.1, 0.15) is 17.2 Å². The Labute approximate surface area is 168 Å².